The Morgan fingerprint density at radius 1 is 0.919 bits per heavy atom. The van der Waals surface area contributed by atoms with Crippen LogP contribution in [0.2, 0.25) is 0 Å². The van der Waals surface area contributed by atoms with Gasteiger partial charge in [0.05, 0.1) is 5.75 Å². The number of carbonyl (C=O) groups excluding carboxylic acids is 2. The number of nitrogens with zero attached hydrogens (tertiary/aromatic N) is 1. The van der Waals surface area contributed by atoms with Crippen molar-refractivity contribution in [1.82, 2.24) is 5.32 Å². The fourth-order valence-corrected chi connectivity index (χ4v) is 9.56. The summed E-state index contributed by atoms with van der Waals surface area (Å²) < 4.78 is 14.1. The predicted octanol–water partition coefficient (Wildman–Crippen LogP) is 6.66. The predicted molar refractivity (Wildman–Crippen MR) is 147 cm³/mol. The summed E-state index contributed by atoms with van der Waals surface area (Å²) in [5, 5.41) is 3.23. The first-order valence-corrected chi connectivity index (χ1v) is 15.0. The third-order valence-corrected chi connectivity index (χ3v) is 10.7. The summed E-state index contributed by atoms with van der Waals surface area (Å²) in [6.45, 7) is 0. The van der Waals surface area contributed by atoms with Crippen LogP contribution in [0.4, 0.5) is 10.1 Å². The second kappa shape index (κ2) is 10.4. The summed E-state index contributed by atoms with van der Waals surface area (Å²) in [5.41, 5.74) is 1.34. The first kappa shape index (κ1) is 25.0. The molecule has 0 radical (unpaired) electrons. The maximum atomic E-state index is 14.1. The maximum Gasteiger partial charge on any atom is 0.248 e. The van der Waals surface area contributed by atoms with Crippen molar-refractivity contribution in [2.45, 2.75) is 81.0 Å². The van der Waals surface area contributed by atoms with Crippen molar-refractivity contribution in [3.63, 3.8) is 0 Å². The van der Waals surface area contributed by atoms with Crippen molar-refractivity contribution in [3.8, 4) is 0 Å². The quantitative estimate of drug-likeness (QED) is 0.423. The number of anilines is 1. The number of hydrogen-bond donors (Lipinski definition) is 1. The monoisotopic (exact) mass is 520 g/mol. The maximum absolute atomic E-state index is 14.1. The fourth-order valence-electron chi connectivity index (χ4n) is 7.93. The molecule has 7 rings (SSSR count). The molecule has 0 saturated heterocycles. The first-order valence-electron chi connectivity index (χ1n) is 14.0. The number of hydrogen-bond acceptors (Lipinski definition) is 3. The van der Waals surface area contributed by atoms with E-state index in [1.54, 1.807) is 17.0 Å². The van der Waals surface area contributed by atoms with Crippen molar-refractivity contribution in [2.24, 2.45) is 17.8 Å². The number of thioether (sulfide) groups is 1. The van der Waals surface area contributed by atoms with Crippen LogP contribution in [0.5, 0.6) is 0 Å². The Balaban J connectivity index is 1.29. The minimum absolute atomic E-state index is 0.0808. The highest BCUT2D eigenvalue weighted by Gasteiger charge is 2.51. The third kappa shape index (κ3) is 5.32. The van der Waals surface area contributed by atoms with Crippen LogP contribution in [0.15, 0.2) is 54.6 Å². The van der Waals surface area contributed by atoms with Crippen LogP contribution in [-0.4, -0.2) is 28.4 Å². The molecule has 0 spiro atoms. The molecule has 37 heavy (non-hydrogen) atoms. The number of nitrogens with one attached hydrogen (secondary N) is 1. The molecule has 1 unspecified atom stereocenters. The van der Waals surface area contributed by atoms with Crippen LogP contribution in [0.1, 0.15) is 75.8 Å². The Hall–Kier alpha value is -2.34. The van der Waals surface area contributed by atoms with Gasteiger partial charge in [-0.15, -0.1) is 11.8 Å². The molecule has 2 aromatic rings. The SMILES string of the molecule is O=C(NC1CCCC1)C(c1ccccc1)N(C(=O)CSC12CC3CC(CC(C3)C1)C2)c1ccc(F)cc1. The molecule has 6 heteroatoms. The van der Waals surface area contributed by atoms with Gasteiger partial charge in [-0.05, 0) is 98.9 Å². The Bertz CT molecular complexity index is 1080. The zero-order chi connectivity index (χ0) is 25.4. The zero-order valence-corrected chi connectivity index (χ0v) is 22.2. The minimum atomic E-state index is -0.795. The average molecular weight is 521 g/mol. The highest BCUT2D eigenvalue weighted by Crippen LogP contribution is 2.60. The molecule has 2 aromatic carbocycles. The second-order valence-corrected chi connectivity index (χ2v) is 13.4. The van der Waals surface area contributed by atoms with E-state index in [-0.39, 0.29) is 28.4 Å². The molecule has 5 aliphatic carbocycles. The molecule has 0 aliphatic heterocycles. The molecule has 196 valence electrons. The van der Waals surface area contributed by atoms with Gasteiger partial charge in [-0.1, -0.05) is 43.2 Å². The molecule has 5 saturated carbocycles. The van der Waals surface area contributed by atoms with E-state index in [0.717, 1.165) is 49.0 Å². The van der Waals surface area contributed by atoms with Gasteiger partial charge in [0.2, 0.25) is 11.8 Å². The molecule has 4 nitrogen and oxygen atoms in total. The van der Waals surface area contributed by atoms with Crippen molar-refractivity contribution in [1.29, 1.82) is 0 Å². The fraction of sp³-hybridized carbons (Fsp3) is 0.548. The number of halogens is 1. The van der Waals surface area contributed by atoms with Gasteiger partial charge < -0.3 is 5.32 Å². The van der Waals surface area contributed by atoms with E-state index >= 15 is 0 Å². The Morgan fingerprint density at radius 2 is 1.51 bits per heavy atom. The van der Waals surface area contributed by atoms with Gasteiger partial charge in [-0.25, -0.2) is 4.39 Å². The van der Waals surface area contributed by atoms with Crippen LogP contribution >= 0.6 is 11.8 Å². The molecule has 0 heterocycles. The van der Waals surface area contributed by atoms with E-state index in [2.05, 4.69) is 5.32 Å². The first-order chi connectivity index (χ1) is 18.0. The summed E-state index contributed by atoms with van der Waals surface area (Å²) in [6, 6.07) is 14.9. The lowest BCUT2D eigenvalue weighted by Crippen LogP contribution is -2.50. The number of rotatable bonds is 8. The van der Waals surface area contributed by atoms with Gasteiger partial charge in [0.1, 0.15) is 11.9 Å². The smallest absolute Gasteiger partial charge is 0.248 e. The second-order valence-electron chi connectivity index (χ2n) is 11.9. The van der Waals surface area contributed by atoms with Crippen molar-refractivity contribution < 1.29 is 14.0 Å². The van der Waals surface area contributed by atoms with E-state index < -0.39 is 6.04 Å². The number of amides is 2. The highest BCUT2D eigenvalue weighted by molar-refractivity contribution is 8.01. The van der Waals surface area contributed by atoms with Crippen molar-refractivity contribution in [2.75, 3.05) is 10.7 Å². The zero-order valence-electron chi connectivity index (χ0n) is 21.4. The summed E-state index contributed by atoms with van der Waals surface area (Å²) in [5.74, 6) is 2.19. The Kier molecular flexibility index (Phi) is 7.04. The van der Waals surface area contributed by atoms with Gasteiger partial charge >= 0.3 is 0 Å². The van der Waals surface area contributed by atoms with Gasteiger partial charge in [0, 0.05) is 16.5 Å². The van der Waals surface area contributed by atoms with Crippen LogP contribution in [0.3, 0.4) is 0 Å². The molecule has 4 bridgehead atoms. The standard InChI is InChI=1S/C31H37FN2O2S/c32-25-10-12-27(13-11-25)34(28(35)20-37-31-17-21-14-22(18-31)16-23(15-21)19-31)29(24-6-2-1-3-7-24)30(36)33-26-8-4-5-9-26/h1-3,6-7,10-13,21-23,26,29H,4-5,8-9,14-20H2,(H,33,36). The van der Waals surface area contributed by atoms with Crippen LogP contribution in [-0.2, 0) is 9.59 Å². The van der Waals surface area contributed by atoms with E-state index in [0.29, 0.717) is 11.4 Å². The van der Waals surface area contributed by atoms with Crippen LogP contribution in [0, 0.1) is 23.6 Å². The lowest BCUT2D eigenvalue weighted by Gasteiger charge is -2.56. The van der Waals surface area contributed by atoms with Gasteiger partial charge in [0.15, 0.2) is 0 Å². The molecule has 0 aromatic heterocycles. The summed E-state index contributed by atoms with van der Waals surface area (Å²) in [6.07, 6.45) is 11.9. The Morgan fingerprint density at radius 3 is 2.11 bits per heavy atom. The molecule has 5 aliphatic rings. The van der Waals surface area contributed by atoms with E-state index in [1.807, 2.05) is 42.1 Å². The third-order valence-electron chi connectivity index (χ3n) is 9.18. The average Bonchev–Trinajstić information content (AvgIpc) is 3.39. The molecular weight excluding hydrogens is 483 g/mol. The molecule has 1 atom stereocenters. The topological polar surface area (TPSA) is 49.4 Å². The van der Waals surface area contributed by atoms with Gasteiger partial charge in [-0.2, -0.15) is 0 Å². The minimum Gasteiger partial charge on any atom is -0.351 e. The van der Waals surface area contributed by atoms with Crippen molar-refractivity contribution in [3.05, 3.63) is 66.0 Å². The van der Waals surface area contributed by atoms with E-state index in [9.17, 15) is 14.0 Å². The normalized spacial score (nSPS) is 29.3. The van der Waals surface area contributed by atoms with E-state index in [1.165, 1.54) is 50.7 Å². The molecule has 2 amide bonds. The summed E-state index contributed by atoms with van der Waals surface area (Å²) in [7, 11) is 0. The number of carbonyl (C=O) groups is 2. The van der Waals surface area contributed by atoms with Gasteiger partial charge in [-0.3, -0.25) is 14.5 Å². The lowest BCUT2D eigenvalue weighted by atomic mass is 9.56. The largest absolute Gasteiger partial charge is 0.351 e. The molecular formula is C31H37FN2O2S. The van der Waals surface area contributed by atoms with Crippen LogP contribution in [0.25, 0.3) is 0 Å². The number of benzene rings is 2. The molecule has 5 fully saturated rings. The highest BCUT2D eigenvalue weighted by atomic mass is 32.2. The lowest BCUT2D eigenvalue weighted by molar-refractivity contribution is -0.126. The van der Waals surface area contributed by atoms with Gasteiger partial charge in [0.25, 0.3) is 0 Å². The summed E-state index contributed by atoms with van der Waals surface area (Å²) in [4.78, 5) is 29.6. The Labute approximate surface area is 223 Å². The summed E-state index contributed by atoms with van der Waals surface area (Å²) >= 11 is 1.83. The van der Waals surface area contributed by atoms with E-state index in [4.69, 9.17) is 0 Å². The molecule has 1 N–H and O–H groups in total. The van der Waals surface area contributed by atoms with Crippen molar-refractivity contribution >= 4 is 29.3 Å². The van der Waals surface area contributed by atoms with Crippen LogP contribution < -0.4 is 10.2 Å².